The third-order valence-electron chi connectivity index (χ3n) is 2.76. The van der Waals surface area contributed by atoms with E-state index in [4.69, 9.17) is 45.4 Å². The van der Waals surface area contributed by atoms with E-state index in [0.717, 1.165) is 5.56 Å². The van der Waals surface area contributed by atoms with Gasteiger partial charge in [-0.15, -0.1) is 0 Å². The number of nitrogen functional groups attached to an aromatic ring is 1. The third kappa shape index (κ3) is 4.06. The molecule has 22 heavy (non-hydrogen) atoms. The predicted octanol–water partition coefficient (Wildman–Crippen LogP) is 4.59. The van der Waals surface area contributed by atoms with Gasteiger partial charge in [0.2, 0.25) is 0 Å². The summed E-state index contributed by atoms with van der Waals surface area (Å²) >= 11 is 21.3. The Morgan fingerprint density at radius 1 is 1.14 bits per heavy atom. The van der Waals surface area contributed by atoms with Crippen LogP contribution in [0.1, 0.15) is 15.9 Å². The summed E-state index contributed by atoms with van der Waals surface area (Å²) < 4.78 is 6.21. The summed E-state index contributed by atoms with van der Waals surface area (Å²) in [4.78, 5) is 11.5. The highest BCUT2D eigenvalue weighted by Gasteiger charge is 2.13. The summed E-state index contributed by atoms with van der Waals surface area (Å²) in [6, 6.07) is 8.24. The van der Waals surface area contributed by atoms with Gasteiger partial charge in [-0.1, -0.05) is 40.9 Å². The molecule has 116 valence electrons. The van der Waals surface area contributed by atoms with Crippen molar-refractivity contribution in [1.29, 1.82) is 0 Å². The molecular formula is C14H10BrCl3N2O2. The molecule has 1 amide bonds. The minimum Gasteiger partial charge on any atom is -0.486 e. The topological polar surface area (TPSA) is 64.3 Å². The van der Waals surface area contributed by atoms with Crippen molar-refractivity contribution in [2.75, 3.05) is 0 Å². The van der Waals surface area contributed by atoms with Gasteiger partial charge < -0.3 is 4.74 Å². The number of rotatable bonds is 4. The molecule has 0 heterocycles. The van der Waals surface area contributed by atoms with Crippen molar-refractivity contribution < 1.29 is 9.53 Å². The maximum absolute atomic E-state index is 11.5. The summed E-state index contributed by atoms with van der Waals surface area (Å²) in [5.74, 6) is 5.06. The Morgan fingerprint density at radius 2 is 1.86 bits per heavy atom. The molecule has 0 bridgehead atoms. The largest absolute Gasteiger partial charge is 0.486 e. The Kier molecular flexibility index (Phi) is 5.94. The highest BCUT2D eigenvalue weighted by atomic mass is 79.9. The summed E-state index contributed by atoms with van der Waals surface area (Å²) in [7, 11) is 0. The molecule has 0 saturated heterocycles. The number of benzene rings is 2. The van der Waals surface area contributed by atoms with Crippen LogP contribution < -0.4 is 16.0 Å². The van der Waals surface area contributed by atoms with Crippen LogP contribution >= 0.6 is 50.7 Å². The molecule has 0 aliphatic rings. The zero-order valence-electron chi connectivity index (χ0n) is 11.0. The van der Waals surface area contributed by atoms with Gasteiger partial charge in [0, 0.05) is 5.56 Å². The Balaban J connectivity index is 2.19. The van der Waals surface area contributed by atoms with Gasteiger partial charge in [0.1, 0.15) is 6.61 Å². The molecular weight excluding hydrogens is 414 g/mol. The van der Waals surface area contributed by atoms with Gasteiger partial charge in [-0.3, -0.25) is 10.2 Å². The minimum atomic E-state index is -0.446. The monoisotopic (exact) mass is 422 g/mol. The first-order valence-electron chi connectivity index (χ1n) is 5.99. The van der Waals surface area contributed by atoms with Crippen LogP contribution in [0, 0.1) is 0 Å². The molecule has 8 heteroatoms. The van der Waals surface area contributed by atoms with Gasteiger partial charge >= 0.3 is 0 Å². The Bertz CT molecular complexity index is 702. The van der Waals surface area contributed by atoms with Crippen LogP contribution in [0.25, 0.3) is 0 Å². The summed E-state index contributed by atoms with van der Waals surface area (Å²) in [6.07, 6.45) is 0. The van der Waals surface area contributed by atoms with Crippen molar-refractivity contribution in [3.05, 3.63) is 61.0 Å². The highest BCUT2D eigenvalue weighted by molar-refractivity contribution is 9.10. The lowest BCUT2D eigenvalue weighted by Crippen LogP contribution is -2.29. The molecule has 3 N–H and O–H groups in total. The Morgan fingerprint density at radius 3 is 2.45 bits per heavy atom. The molecule has 0 atom stereocenters. The number of nitrogens with one attached hydrogen (secondary N) is 1. The highest BCUT2D eigenvalue weighted by Crippen LogP contribution is 2.35. The standard InChI is InChI=1S/C14H10BrCl3N2O2/c15-9-4-8(14(21)20-19)5-12(18)13(9)22-6-7-1-2-10(16)11(17)3-7/h1-5H,6,19H2,(H,20,21). The molecule has 0 radical (unpaired) electrons. The fourth-order valence-electron chi connectivity index (χ4n) is 1.70. The summed E-state index contributed by atoms with van der Waals surface area (Å²) in [6.45, 7) is 0.248. The lowest BCUT2D eigenvalue weighted by atomic mass is 10.2. The van der Waals surface area contributed by atoms with E-state index < -0.39 is 5.91 Å². The number of ether oxygens (including phenoxy) is 1. The van der Waals surface area contributed by atoms with Crippen molar-refractivity contribution in [3.8, 4) is 5.75 Å². The number of nitrogens with two attached hydrogens (primary N) is 1. The molecule has 0 aliphatic heterocycles. The molecule has 0 unspecified atom stereocenters. The molecule has 0 aromatic heterocycles. The van der Waals surface area contributed by atoms with Crippen LogP contribution in [-0.4, -0.2) is 5.91 Å². The van der Waals surface area contributed by atoms with Gasteiger partial charge in [0.25, 0.3) is 5.91 Å². The number of halogens is 4. The molecule has 2 rings (SSSR count). The molecule has 2 aromatic carbocycles. The van der Waals surface area contributed by atoms with Crippen LogP contribution in [0.2, 0.25) is 15.1 Å². The van der Waals surface area contributed by atoms with E-state index in [0.29, 0.717) is 25.8 Å². The maximum atomic E-state index is 11.5. The average molecular weight is 425 g/mol. The van der Waals surface area contributed by atoms with Crippen LogP contribution in [0.15, 0.2) is 34.8 Å². The SMILES string of the molecule is NNC(=O)c1cc(Cl)c(OCc2ccc(Cl)c(Cl)c2)c(Br)c1. The van der Waals surface area contributed by atoms with E-state index in [1.54, 1.807) is 24.3 Å². The normalized spacial score (nSPS) is 10.4. The first kappa shape index (κ1) is 17.4. The van der Waals surface area contributed by atoms with Crippen molar-refractivity contribution in [3.63, 3.8) is 0 Å². The van der Waals surface area contributed by atoms with E-state index in [2.05, 4.69) is 15.9 Å². The van der Waals surface area contributed by atoms with Gasteiger partial charge in [-0.2, -0.15) is 0 Å². The fraction of sp³-hybridized carbons (Fsp3) is 0.0714. The molecule has 0 aliphatic carbocycles. The van der Waals surface area contributed by atoms with Gasteiger partial charge in [-0.05, 0) is 45.8 Å². The number of hydrogen-bond acceptors (Lipinski definition) is 3. The Hall–Kier alpha value is -0.980. The molecule has 2 aromatic rings. The van der Waals surface area contributed by atoms with Crippen LogP contribution in [0.5, 0.6) is 5.75 Å². The average Bonchev–Trinajstić information content (AvgIpc) is 2.48. The smallest absolute Gasteiger partial charge is 0.265 e. The molecule has 0 fully saturated rings. The molecule has 0 saturated carbocycles. The van der Waals surface area contributed by atoms with Crippen molar-refractivity contribution in [1.82, 2.24) is 5.43 Å². The maximum Gasteiger partial charge on any atom is 0.265 e. The van der Waals surface area contributed by atoms with E-state index in [-0.39, 0.29) is 11.6 Å². The predicted molar refractivity (Wildman–Crippen MR) is 91.6 cm³/mol. The third-order valence-corrected chi connectivity index (χ3v) is 4.37. The lowest BCUT2D eigenvalue weighted by molar-refractivity contribution is 0.0953. The van der Waals surface area contributed by atoms with Crippen LogP contribution in [0.4, 0.5) is 0 Å². The number of carbonyl (C=O) groups is 1. The van der Waals surface area contributed by atoms with E-state index in [9.17, 15) is 4.79 Å². The van der Waals surface area contributed by atoms with E-state index in [1.165, 1.54) is 6.07 Å². The van der Waals surface area contributed by atoms with E-state index in [1.807, 2.05) is 5.43 Å². The van der Waals surface area contributed by atoms with Gasteiger partial charge in [0.15, 0.2) is 5.75 Å². The molecule has 0 spiro atoms. The van der Waals surface area contributed by atoms with Crippen molar-refractivity contribution in [2.24, 2.45) is 5.84 Å². The second kappa shape index (κ2) is 7.53. The second-order valence-corrected chi connectivity index (χ2v) is 6.36. The van der Waals surface area contributed by atoms with Crippen LogP contribution in [0.3, 0.4) is 0 Å². The molecule has 4 nitrogen and oxygen atoms in total. The van der Waals surface area contributed by atoms with E-state index >= 15 is 0 Å². The number of hydrogen-bond donors (Lipinski definition) is 2. The van der Waals surface area contributed by atoms with Crippen molar-refractivity contribution in [2.45, 2.75) is 6.61 Å². The van der Waals surface area contributed by atoms with Gasteiger partial charge in [-0.25, -0.2) is 5.84 Å². The first-order chi connectivity index (χ1) is 10.4. The summed E-state index contributed by atoms with van der Waals surface area (Å²) in [5.41, 5.74) is 3.19. The minimum absolute atomic E-state index is 0.248. The Labute approximate surface area is 150 Å². The quantitative estimate of drug-likeness (QED) is 0.429. The summed E-state index contributed by atoms with van der Waals surface area (Å²) in [5, 5.41) is 1.21. The second-order valence-electron chi connectivity index (χ2n) is 4.28. The van der Waals surface area contributed by atoms with Crippen molar-refractivity contribution >= 4 is 56.6 Å². The van der Waals surface area contributed by atoms with Gasteiger partial charge in [0.05, 0.1) is 19.5 Å². The zero-order valence-corrected chi connectivity index (χ0v) is 14.9. The lowest BCUT2D eigenvalue weighted by Gasteiger charge is -2.12. The number of hydrazine groups is 1. The number of amides is 1. The first-order valence-corrected chi connectivity index (χ1v) is 7.91. The number of carbonyl (C=O) groups excluding carboxylic acids is 1. The fourth-order valence-corrected chi connectivity index (χ4v) is 2.98. The van der Waals surface area contributed by atoms with Crippen LogP contribution in [-0.2, 0) is 6.61 Å². The zero-order chi connectivity index (χ0) is 16.3.